The monoisotopic (exact) mass is 448 g/mol. The molecule has 0 radical (unpaired) electrons. The molecule has 4 N–H and O–H groups in total. The molecule has 172 valence electrons. The summed E-state index contributed by atoms with van der Waals surface area (Å²) >= 11 is 0. The zero-order valence-electron chi connectivity index (χ0n) is 18.3. The van der Waals surface area contributed by atoms with Gasteiger partial charge in [0.05, 0.1) is 17.1 Å². The Bertz CT molecular complexity index is 1170. The van der Waals surface area contributed by atoms with Gasteiger partial charge in [-0.1, -0.05) is 18.2 Å². The number of phenolic OH excluding ortho intramolecular Hbond substituents is 2. The minimum atomic E-state index is -1.03. The Labute approximate surface area is 192 Å². The molecule has 1 spiro atoms. The summed E-state index contributed by atoms with van der Waals surface area (Å²) in [6.45, 7) is 5.38. The lowest BCUT2D eigenvalue weighted by Gasteiger charge is -2.64. The molecule has 7 nitrogen and oxygen atoms in total. The van der Waals surface area contributed by atoms with Crippen molar-refractivity contribution in [3.8, 4) is 17.2 Å². The third kappa shape index (κ3) is 2.60. The summed E-state index contributed by atoms with van der Waals surface area (Å²) in [4.78, 5) is 15.3. The highest BCUT2D eigenvalue weighted by Crippen LogP contribution is 2.65. The quantitative estimate of drug-likeness (QED) is 0.535. The fourth-order valence-electron chi connectivity index (χ4n) is 7.06. The van der Waals surface area contributed by atoms with Crippen molar-refractivity contribution in [2.75, 3.05) is 13.1 Å². The van der Waals surface area contributed by atoms with Crippen molar-refractivity contribution in [3.05, 3.63) is 65.7 Å². The van der Waals surface area contributed by atoms with Crippen LogP contribution in [0.25, 0.3) is 0 Å². The average Bonchev–Trinajstić information content (AvgIpc) is 3.15. The van der Waals surface area contributed by atoms with Crippen LogP contribution >= 0.6 is 0 Å². The number of rotatable bonds is 4. The second kappa shape index (κ2) is 6.98. The van der Waals surface area contributed by atoms with Crippen molar-refractivity contribution in [2.45, 2.75) is 54.9 Å². The van der Waals surface area contributed by atoms with Gasteiger partial charge in [-0.2, -0.15) is 0 Å². The second-order valence-electron chi connectivity index (χ2n) is 9.80. The lowest BCUT2D eigenvalue weighted by Crippen LogP contribution is -2.78. The van der Waals surface area contributed by atoms with E-state index in [9.17, 15) is 20.1 Å². The zero-order valence-corrected chi connectivity index (χ0v) is 18.3. The van der Waals surface area contributed by atoms with Crippen LogP contribution in [0.15, 0.2) is 49.1 Å². The molecule has 2 aliphatic heterocycles. The maximum atomic E-state index is 13.0. The van der Waals surface area contributed by atoms with Gasteiger partial charge in [0.15, 0.2) is 11.5 Å². The van der Waals surface area contributed by atoms with Gasteiger partial charge in [0.25, 0.3) is 5.91 Å². The number of likely N-dealkylation sites (tertiary alicyclic amines) is 1. The first-order chi connectivity index (χ1) is 15.9. The van der Waals surface area contributed by atoms with Crippen molar-refractivity contribution in [1.82, 2.24) is 10.2 Å². The molecule has 7 heteroatoms. The number of phenols is 2. The molecule has 6 rings (SSSR count). The van der Waals surface area contributed by atoms with Crippen LogP contribution in [0.2, 0.25) is 0 Å². The number of aliphatic hydroxyl groups is 1. The molecule has 2 aromatic carbocycles. The lowest BCUT2D eigenvalue weighted by molar-refractivity contribution is -0.188. The standard InChI is InChI=1S/C26H28N2O5/c1-2-11-28-12-10-25-21-15-6-7-19(30)22(21)33-23(25)18(8-9-26(25,32)20(28)14-15)27-24(31)16-4-3-5-17(29)13-16/h2-7,13,18,20,23,29-30,32H,1,8-12,14H2,(H,27,31)/t18?,20-,23?,25+,26-/m1/s1. The molecule has 4 aliphatic rings. The van der Waals surface area contributed by atoms with Gasteiger partial charge in [0.1, 0.15) is 11.9 Å². The topological polar surface area (TPSA) is 102 Å². The first-order valence-corrected chi connectivity index (χ1v) is 11.6. The van der Waals surface area contributed by atoms with Gasteiger partial charge in [-0.3, -0.25) is 9.69 Å². The molecule has 1 saturated carbocycles. The van der Waals surface area contributed by atoms with E-state index >= 15 is 0 Å². The second-order valence-corrected chi connectivity index (χ2v) is 9.80. The van der Waals surface area contributed by atoms with E-state index in [-0.39, 0.29) is 29.5 Å². The van der Waals surface area contributed by atoms with Crippen molar-refractivity contribution in [1.29, 1.82) is 0 Å². The molecule has 2 fully saturated rings. The molecule has 2 aromatic rings. The molecule has 2 heterocycles. The van der Waals surface area contributed by atoms with Crippen molar-refractivity contribution >= 4 is 5.91 Å². The Morgan fingerprint density at radius 3 is 2.91 bits per heavy atom. The van der Waals surface area contributed by atoms with Gasteiger partial charge >= 0.3 is 0 Å². The Morgan fingerprint density at radius 1 is 1.27 bits per heavy atom. The molecular weight excluding hydrogens is 420 g/mol. The predicted molar refractivity (Wildman–Crippen MR) is 122 cm³/mol. The molecule has 1 saturated heterocycles. The fraction of sp³-hybridized carbons (Fsp3) is 0.423. The minimum Gasteiger partial charge on any atom is -0.508 e. The van der Waals surface area contributed by atoms with Crippen LogP contribution in [0.4, 0.5) is 0 Å². The van der Waals surface area contributed by atoms with Crippen LogP contribution in [-0.2, 0) is 11.8 Å². The predicted octanol–water partition coefficient (Wildman–Crippen LogP) is 2.24. The van der Waals surface area contributed by atoms with Gasteiger partial charge < -0.3 is 25.4 Å². The number of nitrogens with one attached hydrogen (secondary N) is 1. The van der Waals surface area contributed by atoms with Gasteiger partial charge in [-0.25, -0.2) is 0 Å². The highest BCUT2D eigenvalue weighted by Gasteiger charge is 2.72. The minimum absolute atomic E-state index is 0.0306. The first-order valence-electron chi connectivity index (χ1n) is 11.6. The van der Waals surface area contributed by atoms with Crippen LogP contribution in [0, 0.1) is 0 Å². The molecule has 1 amide bonds. The third-order valence-corrected chi connectivity index (χ3v) is 8.36. The van der Waals surface area contributed by atoms with Gasteiger partial charge in [-0.05, 0) is 62.1 Å². The number of carbonyl (C=O) groups is 1. The lowest BCUT2D eigenvalue weighted by atomic mass is 9.48. The summed E-state index contributed by atoms with van der Waals surface area (Å²) in [5.41, 5.74) is 0.646. The average molecular weight is 449 g/mol. The maximum absolute atomic E-state index is 13.0. The van der Waals surface area contributed by atoms with Crippen LogP contribution in [0.5, 0.6) is 17.2 Å². The van der Waals surface area contributed by atoms with Gasteiger partial charge in [0, 0.05) is 23.7 Å². The smallest absolute Gasteiger partial charge is 0.251 e. The van der Waals surface area contributed by atoms with Crippen LogP contribution < -0.4 is 10.1 Å². The number of carbonyl (C=O) groups excluding carboxylic acids is 1. The van der Waals surface area contributed by atoms with Crippen LogP contribution in [0.3, 0.4) is 0 Å². The summed E-state index contributed by atoms with van der Waals surface area (Å²) < 4.78 is 6.43. The number of nitrogens with zero attached hydrogens (tertiary/aromatic N) is 1. The molecule has 2 bridgehead atoms. The highest BCUT2D eigenvalue weighted by atomic mass is 16.5. The van der Waals surface area contributed by atoms with E-state index in [0.717, 1.165) is 17.7 Å². The number of hydrogen-bond donors (Lipinski definition) is 4. The van der Waals surface area contributed by atoms with Crippen LogP contribution in [0.1, 0.15) is 40.7 Å². The van der Waals surface area contributed by atoms with Crippen molar-refractivity contribution in [2.24, 2.45) is 0 Å². The summed E-state index contributed by atoms with van der Waals surface area (Å²) in [6.07, 6.45) is 3.81. The van der Waals surface area contributed by atoms with E-state index in [1.807, 2.05) is 12.1 Å². The Hall–Kier alpha value is -3.03. The molecular formula is C26H28N2O5. The van der Waals surface area contributed by atoms with E-state index in [1.54, 1.807) is 18.2 Å². The van der Waals surface area contributed by atoms with Gasteiger partial charge in [0.2, 0.25) is 0 Å². The first kappa shape index (κ1) is 20.6. The van der Waals surface area contributed by atoms with Crippen molar-refractivity contribution in [3.63, 3.8) is 0 Å². The molecule has 2 aliphatic carbocycles. The highest BCUT2D eigenvalue weighted by molar-refractivity contribution is 5.94. The Morgan fingerprint density at radius 2 is 2.12 bits per heavy atom. The fourth-order valence-corrected chi connectivity index (χ4v) is 7.06. The Kier molecular flexibility index (Phi) is 4.35. The number of ether oxygens (including phenoxy) is 1. The number of benzene rings is 2. The van der Waals surface area contributed by atoms with E-state index in [4.69, 9.17) is 4.74 Å². The van der Waals surface area contributed by atoms with E-state index in [1.165, 1.54) is 12.1 Å². The molecule has 33 heavy (non-hydrogen) atoms. The Balaban J connectivity index is 1.43. The largest absolute Gasteiger partial charge is 0.508 e. The summed E-state index contributed by atoms with van der Waals surface area (Å²) in [6, 6.07) is 9.44. The summed E-state index contributed by atoms with van der Waals surface area (Å²) in [7, 11) is 0. The zero-order chi connectivity index (χ0) is 23.0. The van der Waals surface area contributed by atoms with Crippen LogP contribution in [-0.4, -0.2) is 63.0 Å². The van der Waals surface area contributed by atoms with Crippen molar-refractivity contribution < 1.29 is 24.9 Å². The van der Waals surface area contributed by atoms with Gasteiger partial charge in [-0.15, -0.1) is 6.58 Å². The normalized spacial score (nSPS) is 33.7. The number of amides is 1. The number of piperidine rings is 1. The van der Waals surface area contributed by atoms with E-state index < -0.39 is 17.1 Å². The molecule has 2 unspecified atom stereocenters. The molecule has 5 atom stereocenters. The van der Waals surface area contributed by atoms with E-state index in [0.29, 0.717) is 43.5 Å². The third-order valence-electron chi connectivity index (χ3n) is 8.36. The summed E-state index contributed by atoms with van der Waals surface area (Å²) in [5, 5.41) is 35.9. The van der Waals surface area contributed by atoms with E-state index in [2.05, 4.69) is 16.8 Å². The SMILES string of the molecule is C=CCN1CC[C@]23c4c5ccc(O)c4OC2C(NC(=O)c2cccc(O)c2)CC[C@@]3(O)[C@H]1C5. The maximum Gasteiger partial charge on any atom is 0.251 e. The number of hydrogen-bond acceptors (Lipinski definition) is 6. The summed E-state index contributed by atoms with van der Waals surface area (Å²) in [5.74, 6) is 0.260. The molecule has 0 aromatic heterocycles. The number of aromatic hydroxyl groups is 2.